The number of ether oxygens (including phenoxy) is 1. The molecule has 6 heteroatoms. The zero-order valence-electron chi connectivity index (χ0n) is 8.97. The third kappa shape index (κ3) is 4.35. The topological polar surface area (TPSA) is 80.7 Å². The van der Waals surface area contributed by atoms with Gasteiger partial charge in [-0.3, -0.25) is 9.82 Å². The highest BCUT2D eigenvalue weighted by Gasteiger charge is 2.02. The maximum Gasteiger partial charge on any atom is 0.337 e. The molecule has 0 aliphatic carbocycles. The molecule has 0 amide bonds. The second-order valence-electron chi connectivity index (χ2n) is 3.01. The maximum absolute atomic E-state index is 10.6. The van der Waals surface area contributed by atoms with Crippen LogP contribution in [-0.2, 0) is 16.1 Å². The van der Waals surface area contributed by atoms with Crippen molar-refractivity contribution in [2.45, 2.75) is 6.54 Å². The third-order valence-electron chi connectivity index (χ3n) is 1.82. The van der Waals surface area contributed by atoms with Gasteiger partial charge in [0.15, 0.2) is 0 Å². The molecule has 0 saturated carbocycles. The Kier molecular flexibility index (Phi) is 5.41. The number of nitrogens with zero attached hydrogens (tertiary/aromatic N) is 1. The van der Waals surface area contributed by atoms with Crippen molar-refractivity contribution >= 4 is 5.97 Å². The van der Waals surface area contributed by atoms with Crippen molar-refractivity contribution < 1.29 is 19.5 Å². The van der Waals surface area contributed by atoms with Crippen LogP contribution in [0, 0.1) is 0 Å². The van der Waals surface area contributed by atoms with E-state index < -0.39 is 5.97 Å². The van der Waals surface area contributed by atoms with Crippen LogP contribution in [0.4, 0.5) is 0 Å². The number of nitrogens with one attached hydrogen (secondary N) is 1. The number of rotatable bonds is 7. The molecule has 2 N–H and O–H groups in total. The highest BCUT2D eigenvalue weighted by atomic mass is 16.7. The van der Waals surface area contributed by atoms with E-state index in [1.807, 2.05) is 0 Å². The number of hydrogen-bond acceptors (Lipinski definition) is 5. The predicted octanol–water partition coefficient (Wildman–Crippen LogP) is 0.447. The van der Waals surface area contributed by atoms with E-state index in [1.165, 1.54) is 12.3 Å². The quantitative estimate of drug-likeness (QED) is 0.519. The van der Waals surface area contributed by atoms with Gasteiger partial charge in [-0.25, -0.2) is 4.79 Å². The SMILES string of the molecule is COCCONCc1ccc(C(=O)O)cn1. The number of carbonyl (C=O) groups is 1. The van der Waals surface area contributed by atoms with Gasteiger partial charge in [0.05, 0.1) is 31.0 Å². The lowest BCUT2D eigenvalue weighted by molar-refractivity contribution is 0.00298. The van der Waals surface area contributed by atoms with Gasteiger partial charge in [-0.05, 0) is 12.1 Å². The van der Waals surface area contributed by atoms with Crippen LogP contribution in [-0.4, -0.2) is 36.4 Å². The Morgan fingerprint density at radius 1 is 1.50 bits per heavy atom. The molecule has 1 rings (SSSR count). The van der Waals surface area contributed by atoms with Crippen LogP contribution in [0.25, 0.3) is 0 Å². The summed E-state index contributed by atoms with van der Waals surface area (Å²) in [5.74, 6) is -0.983. The van der Waals surface area contributed by atoms with Gasteiger partial charge in [0.25, 0.3) is 0 Å². The average molecular weight is 226 g/mol. The van der Waals surface area contributed by atoms with E-state index in [-0.39, 0.29) is 5.56 Å². The molecule has 0 saturated heterocycles. The Balaban J connectivity index is 2.29. The molecule has 0 radical (unpaired) electrons. The Bertz CT molecular complexity index is 326. The van der Waals surface area contributed by atoms with Gasteiger partial charge in [0, 0.05) is 13.3 Å². The van der Waals surface area contributed by atoms with E-state index in [2.05, 4.69) is 10.5 Å². The van der Waals surface area contributed by atoms with Crippen LogP contribution in [0.15, 0.2) is 18.3 Å². The van der Waals surface area contributed by atoms with E-state index in [0.717, 1.165) is 0 Å². The lowest BCUT2D eigenvalue weighted by atomic mass is 10.2. The van der Waals surface area contributed by atoms with Gasteiger partial charge >= 0.3 is 5.97 Å². The van der Waals surface area contributed by atoms with Gasteiger partial charge in [-0.1, -0.05) is 0 Å². The number of methoxy groups -OCH3 is 1. The first-order chi connectivity index (χ1) is 7.74. The van der Waals surface area contributed by atoms with E-state index in [0.29, 0.717) is 25.5 Å². The maximum atomic E-state index is 10.6. The summed E-state index contributed by atoms with van der Waals surface area (Å²) in [5.41, 5.74) is 3.58. The summed E-state index contributed by atoms with van der Waals surface area (Å²) in [6.07, 6.45) is 1.31. The van der Waals surface area contributed by atoms with Crippen molar-refractivity contribution in [3.8, 4) is 0 Å². The number of pyridine rings is 1. The van der Waals surface area contributed by atoms with Crippen molar-refractivity contribution in [3.63, 3.8) is 0 Å². The number of aromatic carboxylic acids is 1. The minimum absolute atomic E-state index is 0.170. The minimum atomic E-state index is -0.983. The van der Waals surface area contributed by atoms with E-state index in [9.17, 15) is 4.79 Å². The first-order valence-electron chi connectivity index (χ1n) is 4.76. The first-order valence-corrected chi connectivity index (χ1v) is 4.76. The number of hydroxylamine groups is 1. The third-order valence-corrected chi connectivity index (χ3v) is 1.82. The van der Waals surface area contributed by atoms with Gasteiger partial charge < -0.3 is 9.84 Å². The molecule has 88 valence electrons. The number of aromatic nitrogens is 1. The lowest BCUT2D eigenvalue weighted by Crippen LogP contribution is -2.17. The van der Waals surface area contributed by atoms with Crippen LogP contribution in [0.2, 0.25) is 0 Å². The molecule has 0 aromatic carbocycles. The highest BCUT2D eigenvalue weighted by Crippen LogP contribution is 1.99. The summed E-state index contributed by atoms with van der Waals surface area (Å²) in [6, 6.07) is 3.14. The second-order valence-corrected chi connectivity index (χ2v) is 3.01. The fraction of sp³-hybridized carbons (Fsp3) is 0.400. The first kappa shape index (κ1) is 12.6. The lowest BCUT2D eigenvalue weighted by Gasteiger charge is -2.04. The molecule has 0 aliphatic heterocycles. The molecule has 0 unspecified atom stereocenters. The highest BCUT2D eigenvalue weighted by molar-refractivity contribution is 5.87. The summed E-state index contributed by atoms with van der Waals surface area (Å²) in [7, 11) is 1.59. The molecular formula is C10H14N2O4. The molecule has 0 atom stereocenters. The normalized spacial score (nSPS) is 10.3. The summed E-state index contributed by atoms with van der Waals surface area (Å²) in [5, 5.41) is 8.65. The zero-order valence-corrected chi connectivity index (χ0v) is 8.97. The van der Waals surface area contributed by atoms with Gasteiger partial charge in [0.1, 0.15) is 0 Å². The van der Waals surface area contributed by atoms with Crippen molar-refractivity contribution in [2.24, 2.45) is 0 Å². The molecule has 1 aromatic rings. The summed E-state index contributed by atoms with van der Waals surface area (Å²) >= 11 is 0. The predicted molar refractivity (Wildman–Crippen MR) is 55.9 cm³/mol. The summed E-state index contributed by atoms with van der Waals surface area (Å²) in [4.78, 5) is 19.5. The van der Waals surface area contributed by atoms with Crippen molar-refractivity contribution in [1.82, 2.24) is 10.5 Å². The molecule has 0 aliphatic rings. The van der Waals surface area contributed by atoms with Crippen LogP contribution >= 0.6 is 0 Å². The Morgan fingerprint density at radius 2 is 2.31 bits per heavy atom. The van der Waals surface area contributed by atoms with Crippen molar-refractivity contribution in [3.05, 3.63) is 29.6 Å². The molecule has 1 heterocycles. The molecular weight excluding hydrogens is 212 g/mol. The zero-order chi connectivity index (χ0) is 11.8. The Morgan fingerprint density at radius 3 is 2.88 bits per heavy atom. The van der Waals surface area contributed by atoms with Crippen LogP contribution < -0.4 is 5.48 Å². The number of carboxylic acid groups (broad SMARTS) is 1. The molecule has 16 heavy (non-hydrogen) atoms. The van der Waals surface area contributed by atoms with Crippen LogP contribution in [0.3, 0.4) is 0 Å². The fourth-order valence-corrected chi connectivity index (χ4v) is 0.978. The van der Waals surface area contributed by atoms with Crippen LogP contribution in [0.1, 0.15) is 16.1 Å². The number of carboxylic acids is 1. The molecule has 1 aromatic heterocycles. The average Bonchev–Trinajstić information content (AvgIpc) is 2.29. The van der Waals surface area contributed by atoms with Gasteiger partial charge in [-0.15, -0.1) is 0 Å². The van der Waals surface area contributed by atoms with Crippen molar-refractivity contribution in [1.29, 1.82) is 0 Å². The smallest absolute Gasteiger partial charge is 0.337 e. The van der Waals surface area contributed by atoms with Crippen LogP contribution in [0.5, 0.6) is 0 Å². The summed E-state index contributed by atoms with van der Waals surface area (Å²) < 4.78 is 4.79. The van der Waals surface area contributed by atoms with Gasteiger partial charge in [0.2, 0.25) is 0 Å². The van der Waals surface area contributed by atoms with E-state index >= 15 is 0 Å². The minimum Gasteiger partial charge on any atom is -0.478 e. The standard InChI is InChI=1S/C10H14N2O4/c1-15-4-5-16-12-7-9-3-2-8(6-11-9)10(13)14/h2-3,6,12H,4-5,7H2,1H3,(H,13,14). The second kappa shape index (κ2) is 6.89. The fourth-order valence-electron chi connectivity index (χ4n) is 0.978. The van der Waals surface area contributed by atoms with E-state index in [1.54, 1.807) is 13.2 Å². The Labute approximate surface area is 93.2 Å². The molecule has 0 spiro atoms. The molecule has 0 bridgehead atoms. The van der Waals surface area contributed by atoms with Gasteiger partial charge in [-0.2, -0.15) is 5.48 Å². The monoisotopic (exact) mass is 226 g/mol. The number of hydrogen-bond donors (Lipinski definition) is 2. The van der Waals surface area contributed by atoms with E-state index in [4.69, 9.17) is 14.7 Å². The largest absolute Gasteiger partial charge is 0.478 e. The Hall–Kier alpha value is -1.50. The molecule has 0 fully saturated rings. The molecule has 6 nitrogen and oxygen atoms in total. The van der Waals surface area contributed by atoms with Crippen molar-refractivity contribution in [2.75, 3.05) is 20.3 Å². The summed E-state index contributed by atoms with van der Waals surface area (Å²) in [6.45, 7) is 1.38.